The first-order valence-corrected chi connectivity index (χ1v) is 37.0. The number of benzene rings is 10. The average Bonchev–Trinajstić information content (AvgIpc) is 1.61. The number of hydrogen-bond acceptors (Lipinski definition) is 10. The summed E-state index contributed by atoms with van der Waals surface area (Å²) in [6.07, 6.45) is 0.342. The number of nitrogens with zero attached hydrogens (tertiary/aromatic N) is 15. The summed E-state index contributed by atoms with van der Waals surface area (Å²) in [6, 6.07) is 47.9. The summed E-state index contributed by atoms with van der Waals surface area (Å²) in [4.78, 5) is 37.8. The zero-order valence-corrected chi connectivity index (χ0v) is 67.5. The number of anilines is 15. The highest BCUT2D eigenvalue weighted by atomic mass is 19.1. The van der Waals surface area contributed by atoms with E-state index in [4.69, 9.17) is 32.9 Å². The fraction of sp³-hybridized carbons (Fsp3) is 0.293. The van der Waals surface area contributed by atoms with Crippen LogP contribution in [0.15, 0.2) is 146 Å². The maximum atomic E-state index is 14.8. The summed E-state index contributed by atoms with van der Waals surface area (Å²) >= 11 is 0. The Hall–Kier alpha value is -12.6. The Morgan fingerprint density at radius 2 is 0.622 bits per heavy atom. The third-order valence-corrected chi connectivity index (χ3v) is 22.9. The van der Waals surface area contributed by atoms with Gasteiger partial charge < -0.3 is 49.0 Å². The molecule has 15 rings (SSSR count). The quantitative estimate of drug-likeness (QED) is 0.123. The van der Waals surface area contributed by atoms with Crippen molar-refractivity contribution in [1.29, 1.82) is 0 Å². The molecule has 15 nitrogen and oxygen atoms in total. The van der Waals surface area contributed by atoms with Crippen LogP contribution in [0.25, 0.3) is 24.2 Å². The topological polar surface area (TPSA) is 54.2 Å². The summed E-state index contributed by atoms with van der Waals surface area (Å²) in [7, 11) is 9.83. The minimum atomic E-state index is -0.822. The first kappa shape index (κ1) is 79.4. The van der Waals surface area contributed by atoms with Crippen molar-refractivity contribution in [3.05, 3.63) is 293 Å². The minimum Gasteiger partial charge on any atom is -0.353 e. The van der Waals surface area contributed by atoms with Crippen molar-refractivity contribution in [3.8, 4) is 0 Å². The standard InChI is InChI=1S/C20H21F2N3.C19H19F2N3.2C18H19N3.C17H17N3/c1-10-8-11(2)19(13(4)12(10)3)25-14(5)24(7)20-16(25)9-15(21)18(23-6)17(20)22;1-10-7-8-11(2)18(12(10)3)24-13(4)23(6)19-15(24)9-14(20)17(22-5)16(19)21;1-12-6-8-16(13(2)10-12)21-14(3)20(5)17-9-7-15(19-4)11-18(17)21;1-12-6-7-13(2)17(10-12)21-14(3)20(5)16-9-8-15(19-4)11-18(16)21;1-12-7-5-6-8-15(12)20-13(2)19(4)16-10-9-14(18-3)11-17(16)20/h8-9,14H,1-5,7H3;7-9,13H,1-4,6H3;2*6-11,14H,1-3,5H3;5-11,13H,1-2,4H3/t14-;13-;2*14-;13-/m00000/s1. The number of hydrogen-bond donors (Lipinski definition) is 0. The van der Waals surface area contributed by atoms with E-state index in [1.807, 2.05) is 125 Å². The van der Waals surface area contributed by atoms with Gasteiger partial charge in [0.2, 0.25) is 0 Å². The second-order valence-electron chi connectivity index (χ2n) is 29.6. The van der Waals surface area contributed by atoms with E-state index in [9.17, 15) is 17.6 Å². The Balaban J connectivity index is 0.000000138. The van der Waals surface area contributed by atoms with Crippen LogP contribution < -0.4 is 49.0 Å². The van der Waals surface area contributed by atoms with Gasteiger partial charge in [-0.15, -0.1) is 0 Å². The summed E-state index contributed by atoms with van der Waals surface area (Å²) in [5.41, 5.74) is 28.9. The molecule has 5 aliphatic heterocycles. The van der Waals surface area contributed by atoms with Gasteiger partial charge in [-0.25, -0.2) is 41.8 Å². The van der Waals surface area contributed by atoms with Gasteiger partial charge in [0.25, 0.3) is 11.4 Å². The lowest BCUT2D eigenvalue weighted by molar-refractivity contribution is 0.593. The molecule has 19 heteroatoms. The van der Waals surface area contributed by atoms with Crippen LogP contribution in [0.5, 0.6) is 0 Å². The predicted octanol–water partition coefficient (Wildman–Crippen LogP) is 25.1. The molecule has 5 heterocycles. The molecular formula is C92H95F4N15. The lowest BCUT2D eigenvalue weighted by Crippen LogP contribution is -2.36. The van der Waals surface area contributed by atoms with Crippen molar-refractivity contribution in [2.75, 3.05) is 84.2 Å². The van der Waals surface area contributed by atoms with Gasteiger partial charge >= 0.3 is 0 Å². The van der Waals surface area contributed by atoms with Crippen molar-refractivity contribution in [2.24, 2.45) is 0 Å². The first-order chi connectivity index (χ1) is 52.7. The molecule has 0 unspecified atom stereocenters. The Labute approximate surface area is 653 Å². The third-order valence-electron chi connectivity index (χ3n) is 22.9. The lowest BCUT2D eigenvalue weighted by Gasteiger charge is -2.31. The zero-order valence-electron chi connectivity index (χ0n) is 67.5. The monoisotopic (exact) mass is 1490 g/mol. The van der Waals surface area contributed by atoms with E-state index in [0.717, 1.165) is 56.3 Å². The molecule has 5 atom stereocenters. The van der Waals surface area contributed by atoms with Crippen molar-refractivity contribution >= 4 is 114 Å². The van der Waals surface area contributed by atoms with E-state index in [2.05, 4.69) is 211 Å². The molecule has 0 bridgehead atoms. The van der Waals surface area contributed by atoms with Crippen LogP contribution in [0.2, 0.25) is 0 Å². The second kappa shape index (κ2) is 31.5. The molecule has 0 saturated heterocycles. The summed E-state index contributed by atoms with van der Waals surface area (Å²) in [5.74, 6) is -3.23. The molecule has 0 fully saturated rings. The second-order valence-corrected chi connectivity index (χ2v) is 29.6. The average molecular weight is 1490 g/mol. The number of aryl methyl sites for hydroxylation is 9. The highest BCUT2D eigenvalue weighted by Crippen LogP contribution is 2.54. The van der Waals surface area contributed by atoms with Crippen molar-refractivity contribution in [3.63, 3.8) is 0 Å². The van der Waals surface area contributed by atoms with E-state index in [0.29, 0.717) is 28.4 Å². The summed E-state index contributed by atoms with van der Waals surface area (Å²) in [6.45, 7) is 71.1. The lowest BCUT2D eigenvalue weighted by atomic mass is 9.97. The van der Waals surface area contributed by atoms with Gasteiger partial charge in [0, 0.05) is 63.7 Å². The summed E-state index contributed by atoms with van der Waals surface area (Å²) < 4.78 is 58.0. The maximum Gasteiger partial charge on any atom is 0.259 e. The molecule has 10 aromatic rings. The van der Waals surface area contributed by atoms with Crippen LogP contribution in [0.4, 0.5) is 131 Å². The molecule has 0 aromatic heterocycles. The largest absolute Gasteiger partial charge is 0.353 e. The Bertz CT molecular complexity index is 5580. The number of halogens is 4. The van der Waals surface area contributed by atoms with Crippen molar-refractivity contribution < 1.29 is 17.6 Å². The van der Waals surface area contributed by atoms with Crippen LogP contribution in [0.1, 0.15) is 101 Å². The van der Waals surface area contributed by atoms with Crippen LogP contribution in [-0.2, 0) is 0 Å². The highest BCUT2D eigenvalue weighted by Gasteiger charge is 2.41. The van der Waals surface area contributed by atoms with Crippen molar-refractivity contribution in [2.45, 2.75) is 149 Å². The first-order valence-electron chi connectivity index (χ1n) is 37.0. The van der Waals surface area contributed by atoms with E-state index >= 15 is 0 Å². The molecule has 5 aliphatic rings. The number of fused-ring (bicyclic) bond motifs is 5. The molecule has 0 N–H and O–H groups in total. The van der Waals surface area contributed by atoms with Crippen LogP contribution in [0.3, 0.4) is 0 Å². The highest BCUT2D eigenvalue weighted by molar-refractivity contribution is 5.93. The summed E-state index contributed by atoms with van der Waals surface area (Å²) in [5, 5.41) is 0. The minimum absolute atomic E-state index is 0.186. The van der Waals surface area contributed by atoms with Gasteiger partial charge in [-0.05, 0) is 246 Å². The maximum absolute atomic E-state index is 14.8. The third kappa shape index (κ3) is 14.1. The normalized spacial score (nSPS) is 16.6. The van der Waals surface area contributed by atoms with E-state index in [-0.39, 0.29) is 42.2 Å². The zero-order chi connectivity index (χ0) is 81.0. The van der Waals surface area contributed by atoms with Gasteiger partial charge in [0.05, 0.1) is 89.7 Å². The van der Waals surface area contributed by atoms with Crippen molar-refractivity contribution in [1.82, 2.24) is 0 Å². The number of rotatable bonds is 5. The predicted molar refractivity (Wildman–Crippen MR) is 452 cm³/mol. The number of para-hydroxylation sites is 1. The van der Waals surface area contributed by atoms with Crippen LogP contribution in [0, 0.1) is 139 Å². The SMILES string of the molecule is [C-]#[N+]c1c(F)cc2c(c1F)N(C)[C@H](C)N2c1c(C)cc(C)c(C)c1C.[C-]#[N+]c1c(F)cc2c(c1F)N(C)[C@H](C)N2c1c(C)ccc(C)c1C.[C-]#[N+]c1ccc2c(c1)N(c1cc(C)ccc1C)[C@@H](C)N2C.[C-]#[N+]c1ccc2c(c1)N(c1ccc(C)cc1C)[C@@H](C)N2C.[C-]#[N+]c1ccc2c(c1)N(c1ccccc1C)[C@@H](C)N2C. The fourth-order valence-electron chi connectivity index (χ4n) is 15.9. The van der Waals surface area contributed by atoms with Crippen LogP contribution in [-0.4, -0.2) is 66.1 Å². The molecule has 0 amide bonds. The molecule has 0 saturated carbocycles. The molecule has 566 valence electrons. The smallest absolute Gasteiger partial charge is 0.259 e. The molecule has 0 aliphatic carbocycles. The van der Waals surface area contributed by atoms with E-state index < -0.39 is 34.6 Å². The van der Waals surface area contributed by atoms with Gasteiger partial charge in [-0.2, -0.15) is 0 Å². The van der Waals surface area contributed by atoms with Gasteiger partial charge in [-0.1, -0.05) is 84.4 Å². The molecule has 0 radical (unpaired) electrons. The van der Waals surface area contributed by atoms with Gasteiger partial charge in [0.1, 0.15) is 42.5 Å². The van der Waals surface area contributed by atoms with E-state index in [1.165, 1.54) is 85.2 Å². The molecule has 111 heavy (non-hydrogen) atoms. The molecule has 10 aromatic carbocycles. The Morgan fingerprint density at radius 3 is 1.05 bits per heavy atom. The fourth-order valence-corrected chi connectivity index (χ4v) is 15.9. The van der Waals surface area contributed by atoms with Gasteiger partial charge in [-0.3, -0.25) is 0 Å². The Kier molecular flexibility index (Phi) is 22.6. The molecule has 0 spiro atoms. The van der Waals surface area contributed by atoms with Gasteiger partial charge in [0.15, 0.2) is 28.7 Å². The molecular weight excluding hydrogens is 1390 g/mol. The van der Waals surface area contributed by atoms with Crippen LogP contribution >= 0.6 is 0 Å². The van der Waals surface area contributed by atoms with E-state index in [1.54, 1.807) is 23.9 Å². The Morgan fingerprint density at radius 1 is 0.261 bits per heavy atom.